The summed E-state index contributed by atoms with van der Waals surface area (Å²) in [4.78, 5) is 13.7. The van der Waals surface area contributed by atoms with Crippen molar-refractivity contribution < 1.29 is 13.9 Å². The van der Waals surface area contributed by atoms with Gasteiger partial charge >= 0.3 is 0 Å². The van der Waals surface area contributed by atoms with Gasteiger partial charge in [-0.25, -0.2) is 4.39 Å². The maximum absolute atomic E-state index is 13.0. The van der Waals surface area contributed by atoms with E-state index in [9.17, 15) is 9.18 Å². The Morgan fingerprint density at radius 3 is 2.57 bits per heavy atom. The zero-order chi connectivity index (χ0) is 15.4. The van der Waals surface area contributed by atoms with Crippen LogP contribution in [-0.2, 0) is 11.3 Å². The van der Waals surface area contributed by atoms with E-state index in [-0.39, 0.29) is 17.8 Å². The Morgan fingerprint density at radius 1 is 1.33 bits per heavy atom. The fourth-order valence-electron chi connectivity index (χ4n) is 1.98. The maximum atomic E-state index is 13.0. The third-order valence-electron chi connectivity index (χ3n) is 2.86. The number of hydrogen-bond acceptors (Lipinski definition) is 3. The van der Waals surface area contributed by atoms with Gasteiger partial charge in [-0.05, 0) is 43.2 Å². The molecule has 112 valence electrons. The highest BCUT2D eigenvalue weighted by Gasteiger charge is 2.16. The number of carbonyl (C=O) groups is 1. The molecule has 0 aliphatic carbocycles. The second-order valence-corrected chi connectivity index (χ2v) is 6.09. The minimum atomic E-state index is -0.277. The summed E-state index contributed by atoms with van der Waals surface area (Å²) in [5.74, 6) is -0.373. The van der Waals surface area contributed by atoms with Crippen molar-refractivity contribution in [1.29, 1.82) is 0 Å². The molecule has 0 bridgehead atoms. The van der Waals surface area contributed by atoms with Crippen molar-refractivity contribution in [2.75, 3.05) is 7.11 Å². The summed E-state index contributed by atoms with van der Waals surface area (Å²) in [5.41, 5.74) is 1.82. The molecule has 2 rings (SSSR count). The Labute approximate surface area is 127 Å². The highest BCUT2D eigenvalue weighted by molar-refractivity contribution is 7.17. The number of hydrogen-bond donors (Lipinski definition) is 1. The Kier molecular flexibility index (Phi) is 5.09. The molecule has 1 amide bonds. The molecule has 1 N–H and O–H groups in total. The molecule has 0 fully saturated rings. The van der Waals surface area contributed by atoms with Crippen molar-refractivity contribution in [3.63, 3.8) is 0 Å². The van der Waals surface area contributed by atoms with Gasteiger partial charge in [-0.3, -0.25) is 4.79 Å². The zero-order valence-corrected chi connectivity index (χ0v) is 13.1. The highest BCUT2D eigenvalue weighted by Crippen LogP contribution is 2.33. The Bertz CT molecular complexity index is 620. The Morgan fingerprint density at radius 2 is 2.00 bits per heavy atom. The molecule has 1 aromatic heterocycles. The number of halogens is 1. The summed E-state index contributed by atoms with van der Waals surface area (Å²) in [7, 11) is 1.61. The molecule has 5 heteroatoms. The van der Waals surface area contributed by atoms with Crippen LogP contribution in [-0.4, -0.2) is 19.1 Å². The number of ether oxygens (including phenoxy) is 1. The third kappa shape index (κ3) is 3.89. The number of methoxy groups -OCH3 is 1. The van der Waals surface area contributed by atoms with Crippen LogP contribution in [0.4, 0.5) is 4.39 Å². The molecule has 0 aliphatic rings. The summed E-state index contributed by atoms with van der Waals surface area (Å²) in [6.45, 7) is 4.25. The lowest BCUT2D eigenvalue weighted by Crippen LogP contribution is -2.29. The number of thiophene rings is 1. The Balaban J connectivity index is 2.37. The standard InChI is InChI=1S/C16H18FNO2S/c1-10(2)18-16(19)14-8-12(9-20-3)15(21-14)11-4-6-13(17)7-5-11/h4-8,10H,9H2,1-3H3,(H,18,19). The number of rotatable bonds is 5. The average molecular weight is 307 g/mol. The van der Waals surface area contributed by atoms with Gasteiger partial charge in [-0.15, -0.1) is 11.3 Å². The fraction of sp³-hybridized carbons (Fsp3) is 0.312. The predicted octanol–water partition coefficient (Wildman–Crippen LogP) is 3.84. The van der Waals surface area contributed by atoms with Gasteiger partial charge in [0.05, 0.1) is 11.5 Å². The summed E-state index contributed by atoms with van der Waals surface area (Å²) < 4.78 is 18.2. The first-order valence-electron chi connectivity index (χ1n) is 6.69. The largest absolute Gasteiger partial charge is 0.380 e. The molecule has 21 heavy (non-hydrogen) atoms. The molecular weight excluding hydrogens is 289 g/mol. The molecule has 0 saturated heterocycles. The second kappa shape index (κ2) is 6.83. The molecule has 1 aromatic carbocycles. The van der Waals surface area contributed by atoms with Crippen LogP contribution < -0.4 is 5.32 Å². The van der Waals surface area contributed by atoms with Gasteiger partial charge < -0.3 is 10.1 Å². The number of amides is 1. The van der Waals surface area contributed by atoms with Gasteiger partial charge in [-0.2, -0.15) is 0 Å². The fourth-order valence-corrected chi connectivity index (χ4v) is 3.06. The quantitative estimate of drug-likeness (QED) is 0.911. The third-order valence-corrected chi connectivity index (χ3v) is 4.08. The van der Waals surface area contributed by atoms with E-state index in [1.165, 1.54) is 23.5 Å². The van der Waals surface area contributed by atoms with Crippen molar-refractivity contribution in [3.8, 4) is 10.4 Å². The van der Waals surface area contributed by atoms with Crippen molar-refractivity contribution in [2.45, 2.75) is 26.5 Å². The van der Waals surface area contributed by atoms with Gasteiger partial charge in [0.25, 0.3) is 5.91 Å². The molecule has 0 unspecified atom stereocenters. The van der Waals surface area contributed by atoms with Gasteiger partial charge in [0.15, 0.2) is 0 Å². The Hall–Kier alpha value is -1.72. The van der Waals surface area contributed by atoms with E-state index in [1.807, 2.05) is 19.9 Å². The first kappa shape index (κ1) is 15.7. The lowest BCUT2D eigenvalue weighted by atomic mass is 10.1. The summed E-state index contributed by atoms with van der Waals surface area (Å²) >= 11 is 1.39. The topological polar surface area (TPSA) is 38.3 Å². The van der Waals surface area contributed by atoms with Gasteiger partial charge in [0.2, 0.25) is 0 Å². The number of benzene rings is 1. The molecule has 1 heterocycles. The monoisotopic (exact) mass is 307 g/mol. The van der Waals surface area contributed by atoms with E-state index in [0.29, 0.717) is 11.5 Å². The molecule has 0 radical (unpaired) electrons. The summed E-state index contributed by atoms with van der Waals surface area (Å²) in [6, 6.07) is 8.18. The normalized spacial score (nSPS) is 10.9. The lowest BCUT2D eigenvalue weighted by molar-refractivity contribution is 0.0947. The van der Waals surface area contributed by atoms with Crippen LogP contribution in [0.5, 0.6) is 0 Å². The highest BCUT2D eigenvalue weighted by atomic mass is 32.1. The van der Waals surface area contributed by atoms with Crippen molar-refractivity contribution in [3.05, 3.63) is 46.6 Å². The summed E-state index contributed by atoms with van der Waals surface area (Å²) in [6.07, 6.45) is 0. The summed E-state index contributed by atoms with van der Waals surface area (Å²) in [5, 5.41) is 2.87. The predicted molar refractivity (Wildman–Crippen MR) is 83.0 cm³/mol. The van der Waals surface area contributed by atoms with Gasteiger partial charge in [0.1, 0.15) is 5.82 Å². The first-order chi connectivity index (χ1) is 10.0. The minimum Gasteiger partial charge on any atom is -0.380 e. The average Bonchev–Trinajstić information content (AvgIpc) is 2.83. The minimum absolute atomic E-state index is 0.0831. The van der Waals surface area contributed by atoms with Crippen molar-refractivity contribution in [1.82, 2.24) is 5.32 Å². The van der Waals surface area contributed by atoms with Crippen LogP contribution >= 0.6 is 11.3 Å². The maximum Gasteiger partial charge on any atom is 0.261 e. The van der Waals surface area contributed by atoms with Crippen LogP contribution in [0.2, 0.25) is 0 Å². The first-order valence-corrected chi connectivity index (χ1v) is 7.51. The van der Waals surface area contributed by atoms with Crippen LogP contribution in [0.1, 0.15) is 29.1 Å². The van der Waals surface area contributed by atoms with E-state index in [2.05, 4.69) is 5.32 Å². The molecule has 0 saturated carbocycles. The second-order valence-electron chi connectivity index (χ2n) is 5.03. The molecule has 0 spiro atoms. The van der Waals surface area contributed by atoms with E-state index >= 15 is 0 Å². The number of carbonyl (C=O) groups excluding carboxylic acids is 1. The van der Waals surface area contributed by atoms with E-state index in [1.54, 1.807) is 19.2 Å². The van der Waals surface area contributed by atoms with E-state index < -0.39 is 0 Å². The molecule has 2 aromatic rings. The molecule has 3 nitrogen and oxygen atoms in total. The van der Waals surface area contributed by atoms with Gasteiger partial charge in [-0.1, -0.05) is 12.1 Å². The van der Waals surface area contributed by atoms with Gasteiger partial charge in [0, 0.05) is 18.0 Å². The van der Waals surface area contributed by atoms with Crippen molar-refractivity contribution >= 4 is 17.2 Å². The van der Waals surface area contributed by atoms with Crippen LogP contribution in [0.25, 0.3) is 10.4 Å². The zero-order valence-electron chi connectivity index (χ0n) is 12.3. The SMILES string of the molecule is COCc1cc(C(=O)NC(C)C)sc1-c1ccc(F)cc1. The molecule has 0 aliphatic heterocycles. The van der Waals surface area contributed by atoms with Crippen LogP contribution in [0.15, 0.2) is 30.3 Å². The smallest absolute Gasteiger partial charge is 0.261 e. The molecule has 0 atom stereocenters. The number of nitrogens with one attached hydrogen (secondary N) is 1. The van der Waals surface area contributed by atoms with E-state index in [0.717, 1.165) is 16.0 Å². The van der Waals surface area contributed by atoms with E-state index in [4.69, 9.17) is 4.74 Å². The van der Waals surface area contributed by atoms with Crippen molar-refractivity contribution in [2.24, 2.45) is 0 Å². The van der Waals surface area contributed by atoms with Crippen LogP contribution in [0.3, 0.4) is 0 Å². The molecular formula is C16H18FNO2S. The van der Waals surface area contributed by atoms with Crippen LogP contribution in [0, 0.1) is 5.82 Å². The lowest BCUT2D eigenvalue weighted by Gasteiger charge is -2.05.